The van der Waals surface area contributed by atoms with Crippen LogP contribution in [0.4, 0.5) is 0 Å². The molecule has 3 aromatic carbocycles. The van der Waals surface area contributed by atoms with Crippen molar-refractivity contribution in [3.63, 3.8) is 0 Å². The Balaban J connectivity index is 1.78. The van der Waals surface area contributed by atoms with E-state index in [0.29, 0.717) is 6.42 Å². The van der Waals surface area contributed by atoms with Gasteiger partial charge in [0.2, 0.25) is 0 Å². The first-order valence-corrected chi connectivity index (χ1v) is 9.35. The number of aromatic nitrogens is 1. The molecule has 0 saturated carbocycles. The predicted octanol–water partition coefficient (Wildman–Crippen LogP) is 5.47. The van der Waals surface area contributed by atoms with Crippen LogP contribution in [-0.2, 0) is 12.8 Å². The van der Waals surface area contributed by atoms with Crippen molar-refractivity contribution in [1.29, 1.82) is 0 Å². The molecule has 134 valence electrons. The molecule has 2 nitrogen and oxygen atoms in total. The molecule has 0 aliphatic heterocycles. The summed E-state index contributed by atoms with van der Waals surface area (Å²) in [6.07, 6.45) is 3.46. The van der Waals surface area contributed by atoms with Gasteiger partial charge in [-0.05, 0) is 45.9 Å². The molecule has 0 atom stereocenters. The Morgan fingerprint density at radius 2 is 1.30 bits per heavy atom. The second-order valence-corrected chi connectivity index (χ2v) is 6.70. The fourth-order valence-electron chi connectivity index (χ4n) is 3.68. The van der Waals surface area contributed by atoms with Crippen molar-refractivity contribution in [2.24, 2.45) is 0 Å². The molecular formula is C25H23NO. The van der Waals surface area contributed by atoms with Crippen molar-refractivity contribution in [3.8, 4) is 22.3 Å². The number of aromatic amines is 1. The molecule has 0 fully saturated rings. The van der Waals surface area contributed by atoms with Crippen LogP contribution in [0.3, 0.4) is 0 Å². The zero-order chi connectivity index (χ0) is 18.5. The lowest BCUT2D eigenvalue weighted by Crippen LogP contribution is -1.98. The lowest BCUT2D eigenvalue weighted by molar-refractivity contribution is 0.298. The van der Waals surface area contributed by atoms with Gasteiger partial charge in [0.25, 0.3) is 0 Å². The lowest BCUT2D eigenvalue weighted by Gasteiger charge is -2.15. The Kier molecular flexibility index (Phi) is 5.17. The van der Waals surface area contributed by atoms with E-state index in [4.69, 9.17) is 0 Å². The van der Waals surface area contributed by atoms with Crippen LogP contribution >= 0.6 is 0 Å². The molecule has 4 rings (SSSR count). The van der Waals surface area contributed by atoms with Crippen LogP contribution < -0.4 is 0 Å². The Bertz CT molecular complexity index is 1020. The minimum Gasteiger partial charge on any atom is -0.396 e. The van der Waals surface area contributed by atoms with Gasteiger partial charge in [-0.25, -0.2) is 0 Å². The van der Waals surface area contributed by atoms with Crippen molar-refractivity contribution >= 4 is 0 Å². The average molecular weight is 353 g/mol. The minimum atomic E-state index is 0.159. The van der Waals surface area contributed by atoms with E-state index in [9.17, 15) is 5.11 Å². The van der Waals surface area contributed by atoms with Gasteiger partial charge in [0.1, 0.15) is 0 Å². The number of hydrogen-bond donors (Lipinski definition) is 2. The fraction of sp³-hybridized carbons (Fsp3) is 0.120. The second kappa shape index (κ2) is 8.07. The largest absolute Gasteiger partial charge is 0.396 e. The number of aliphatic hydroxyl groups is 1. The van der Waals surface area contributed by atoms with Crippen LogP contribution in [0.5, 0.6) is 0 Å². The van der Waals surface area contributed by atoms with Crippen molar-refractivity contribution < 1.29 is 5.11 Å². The predicted molar refractivity (Wildman–Crippen MR) is 112 cm³/mol. The Labute approximate surface area is 160 Å². The molecule has 2 heteroatoms. The molecule has 2 N–H and O–H groups in total. The Morgan fingerprint density at radius 1 is 0.630 bits per heavy atom. The molecule has 0 amide bonds. The number of aliphatic hydroxyl groups excluding tert-OH is 1. The SMILES string of the molecule is OCCc1[nH]ccc1Cc1ccccc1-c1ccccc1-c1ccccc1. The van der Waals surface area contributed by atoms with Crippen LogP contribution in [0.15, 0.2) is 91.1 Å². The average Bonchev–Trinajstić information content (AvgIpc) is 3.16. The van der Waals surface area contributed by atoms with Crippen LogP contribution in [0, 0.1) is 0 Å². The fourth-order valence-corrected chi connectivity index (χ4v) is 3.68. The van der Waals surface area contributed by atoms with Crippen LogP contribution in [-0.4, -0.2) is 16.7 Å². The summed E-state index contributed by atoms with van der Waals surface area (Å²) >= 11 is 0. The highest BCUT2D eigenvalue weighted by Crippen LogP contribution is 2.34. The zero-order valence-corrected chi connectivity index (χ0v) is 15.2. The molecule has 0 unspecified atom stereocenters. The van der Waals surface area contributed by atoms with Gasteiger partial charge >= 0.3 is 0 Å². The summed E-state index contributed by atoms with van der Waals surface area (Å²) in [5, 5.41) is 9.30. The van der Waals surface area contributed by atoms with E-state index in [1.165, 1.54) is 33.4 Å². The van der Waals surface area contributed by atoms with E-state index in [1.54, 1.807) is 0 Å². The van der Waals surface area contributed by atoms with Gasteiger partial charge < -0.3 is 10.1 Å². The van der Waals surface area contributed by atoms with Crippen LogP contribution in [0.25, 0.3) is 22.3 Å². The number of rotatable bonds is 6. The van der Waals surface area contributed by atoms with Gasteiger partial charge in [0.05, 0.1) is 0 Å². The molecule has 0 radical (unpaired) electrons. The van der Waals surface area contributed by atoms with Crippen molar-refractivity contribution in [2.75, 3.05) is 6.61 Å². The molecule has 1 aromatic heterocycles. The summed E-state index contributed by atoms with van der Waals surface area (Å²) in [6.45, 7) is 0.159. The summed E-state index contributed by atoms with van der Waals surface area (Å²) in [5.74, 6) is 0. The zero-order valence-electron chi connectivity index (χ0n) is 15.2. The lowest BCUT2D eigenvalue weighted by atomic mass is 9.89. The topological polar surface area (TPSA) is 36.0 Å². The van der Waals surface area contributed by atoms with E-state index in [2.05, 4.69) is 89.9 Å². The first kappa shape index (κ1) is 17.3. The van der Waals surface area contributed by atoms with Crippen molar-refractivity contribution in [3.05, 3.63) is 108 Å². The molecule has 4 aromatic rings. The second-order valence-electron chi connectivity index (χ2n) is 6.70. The van der Waals surface area contributed by atoms with E-state index >= 15 is 0 Å². The normalized spacial score (nSPS) is 10.9. The standard InChI is InChI=1S/C25H23NO/c27-17-15-25-21(14-16-26-25)18-20-10-4-5-12-23(20)24-13-7-6-11-22(24)19-8-2-1-3-9-19/h1-14,16,26-27H,15,17-18H2. The van der Waals surface area contributed by atoms with E-state index < -0.39 is 0 Å². The maximum absolute atomic E-state index is 9.30. The molecular weight excluding hydrogens is 330 g/mol. The molecule has 0 aliphatic rings. The van der Waals surface area contributed by atoms with Gasteiger partial charge in [-0.2, -0.15) is 0 Å². The Hall–Kier alpha value is -3.10. The molecule has 27 heavy (non-hydrogen) atoms. The number of benzene rings is 3. The monoisotopic (exact) mass is 353 g/mol. The highest BCUT2D eigenvalue weighted by Gasteiger charge is 2.12. The summed E-state index contributed by atoms with van der Waals surface area (Å²) in [4.78, 5) is 3.26. The first-order valence-electron chi connectivity index (χ1n) is 9.35. The maximum Gasteiger partial charge on any atom is 0.0485 e. The maximum atomic E-state index is 9.30. The van der Waals surface area contributed by atoms with Gasteiger partial charge in [-0.1, -0.05) is 78.9 Å². The molecule has 0 saturated heterocycles. The van der Waals surface area contributed by atoms with Gasteiger partial charge in [-0.15, -0.1) is 0 Å². The highest BCUT2D eigenvalue weighted by molar-refractivity contribution is 5.84. The third-order valence-electron chi connectivity index (χ3n) is 4.99. The van der Waals surface area contributed by atoms with Crippen molar-refractivity contribution in [2.45, 2.75) is 12.8 Å². The summed E-state index contributed by atoms with van der Waals surface area (Å²) < 4.78 is 0. The third kappa shape index (κ3) is 3.71. The van der Waals surface area contributed by atoms with Crippen LogP contribution in [0.1, 0.15) is 16.8 Å². The molecule has 0 spiro atoms. The van der Waals surface area contributed by atoms with E-state index in [0.717, 1.165) is 12.1 Å². The first-order chi connectivity index (χ1) is 13.4. The Morgan fingerprint density at radius 3 is 2.07 bits per heavy atom. The van der Waals surface area contributed by atoms with Crippen LogP contribution in [0.2, 0.25) is 0 Å². The van der Waals surface area contributed by atoms with Gasteiger partial charge in [0, 0.05) is 24.9 Å². The number of H-pyrrole nitrogens is 1. The molecule has 1 heterocycles. The quantitative estimate of drug-likeness (QED) is 0.473. The van der Waals surface area contributed by atoms with Gasteiger partial charge in [-0.3, -0.25) is 0 Å². The number of nitrogens with one attached hydrogen (secondary N) is 1. The summed E-state index contributed by atoms with van der Waals surface area (Å²) in [6, 6.07) is 29.8. The van der Waals surface area contributed by atoms with E-state index in [-0.39, 0.29) is 6.61 Å². The summed E-state index contributed by atoms with van der Waals surface area (Å²) in [5.41, 5.74) is 8.63. The molecule has 0 aliphatic carbocycles. The molecule has 0 bridgehead atoms. The summed E-state index contributed by atoms with van der Waals surface area (Å²) in [7, 11) is 0. The van der Waals surface area contributed by atoms with Gasteiger partial charge in [0.15, 0.2) is 0 Å². The number of hydrogen-bond acceptors (Lipinski definition) is 1. The van der Waals surface area contributed by atoms with Crippen molar-refractivity contribution in [1.82, 2.24) is 4.98 Å². The third-order valence-corrected chi connectivity index (χ3v) is 4.99. The van der Waals surface area contributed by atoms with E-state index in [1.807, 2.05) is 6.20 Å². The minimum absolute atomic E-state index is 0.159. The smallest absolute Gasteiger partial charge is 0.0485 e. The highest BCUT2D eigenvalue weighted by atomic mass is 16.3.